The molecule has 1 N–H and O–H groups in total. The number of rotatable bonds is 3. The Morgan fingerprint density at radius 3 is 2.67 bits per heavy atom. The minimum atomic E-state index is -1.15. The average Bonchev–Trinajstić information content (AvgIpc) is 2.39. The van der Waals surface area contributed by atoms with E-state index in [2.05, 4.69) is 0 Å². The number of carbonyl (C=O) groups is 1. The summed E-state index contributed by atoms with van der Waals surface area (Å²) in [7, 11) is 0. The van der Waals surface area contributed by atoms with Crippen LogP contribution in [-0.2, 0) is 9.53 Å². The molecule has 0 bridgehead atoms. The van der Waals surface area contributed by atoms with Gasteiger partial charge in [0.1, 0.15) is 5.60 Å². The predicted octanol–water partition coefficient (Wildman–Crippen LogP) is 2.85. The minimum absolute atomic E-state index is 0.00759. The molecule has 2 rings (SSSR count). The van der Waals surface area contributed by atoms with Gasteiger partial charge in [-0.3, -0.25) is 4.79 Å². The number of carbonyl (C=O) groups excluding carboxylic acids is 1. The SMILES string of the molecule is CCC(C)(O)C(=O)C1CCOC2(CCCCC2)C1. The van der Waals surface area contributed by atoms with Crippen molar-refractivity contribution >= 4 is 5.78 Å². The van der Waals surface area contributed by atoms with Gasteiger partial charge in [0.25, 0.3) is 0 Å². The molecule has 1 aliphatic heterocycles. The van der Waals surface area contributed by atoms with E-state index in [0.29, 0.717) is 13.0 Å². The van der Waals surface area contributed by atoms with Gasteiger partial charge < -0.3 is 9.84 Å². The lowest BCUT2D eigenvalue weighted by molar-refractivity contribution is -0.156. The van der Waals surface area contributed by atoms with Crippen LogP contribution in [0.1, 0.15) is 65.2 Å². The summed E-state index contributed by atoms with van der Waals surface area (Å²) >= 11 is 0. The molecule has 3 nitrogen and oxygen atoms in total. The summed E-state index contributed by atoms with van der Waals surface area (Å²) < 4.78 is 6.00. The Hall–Kier alpha value is -0.410. The largest absolute Gasteiger partial charge is 0.382 e. The third kappa shape index (κ3) is 2.77. The van der Waals surface area contributed by atoms with E-state index in [1.165, 1.54) is 19.3 Å². The van der Waals surface area contributed by atoms with Crippen LogP contribution in [0.4, 0.5) is 0 Å². The Labute approximate surface area is 110 Å². The Bertz CT molecular complexity index is 297. The first-order valence-corrected chi connectivity index (χ1v) is 7.40. The zero-order valence-electron chi connectivity index (χ0n) is 11.7. The summed E-state index contributed by atoms with van der Waals surface area (Å²) in [6, 6.07) is 0. The smallest absolute Gasteiger partial charge is 0.167 e. The van der Waals surface area contributed by atoms with Crippen LogP contribution >= 0.6 is 0 Å². The van der Waals surface area contributed by atoms with Gasteiger partial charge in [0.2, 0.25) is 0 Å². The first kappa shape index (κ1) is 14.0. The summed E-state index contributed by atoms with van der Waals surface area (Å²) in [4.78, 5) is 12.4. The number of hydrogen-bond acceptors (Lipinski definition) is 3. The van der Waals surface area contributed by atoms with Gasteiger partial charge in [-0.05, 0) is 39.0 Å². The van der Waals surface area contributed by atoms with Crippen LogP contribution in [0.15, 0.2) is 0 Å². The van der Waals surface area contributed by atoms with Gasteiger partial charge in [0.15, 0.2) is 5.78 Å². The van der Waals surface area contributed by atoms with Crippen molar-refractivity contribution in [3.05, 3.63) is 0 Å². The van der Waals surface area contributed by atoms with Crippen LogP contribution in [-0.4, -0.2) is 28.7 Å². The van der Waals surface area contributed by atoms with Crippen LogP contribution < -0.4 is 0 Å². The highest BCUT2D eigenvalue weighted by atomic mass is 16.5. The zero-order valence-corrected chi connectivity index (χ0v) is 11.7. The summed E-state index contributed by atoms with van der Waals surface area (Å²) in [5, 5.41) is 10.1. The van der Waals surface area contributed by atoms with Crippen molar-refractivity contribution < 1.29 is 14.6 Å². The molecular formula is C15H26O3. The fourth-order valence-electron chi connectivity index (χ4n) is 3.41. The lowest BCUT2D eigenvalue weighted by atomic mass is 9.72. The van der Waals surface area contributed by atoms with Gasteiger partial charge in [-0.15, -0.1) is 0 Å². The van der Waals surface area contributed by atoms with Gasteiger partial charge in [-0.1, -0.05) is 26.2 Å². The van der Waals surface area contributed by atoms with Crippen molar-refractivity contribution in [3.63, 3.8) is 0 Å². The molecule has 1 aliphatic carbocycles. The number of hydrogen-bond donors (Lipinski definition) is 1. The highest BCUT2D eigenvalue weighted by molar-refractivity contribution is 5.88. The molecule has 1 saturated heterocycles. The quantitative estimate of drug-likeness (QED) is 0.842. The maximum absolute atomic E-state index is 12.4. The predicted molar refractivity (Wildman–Crippen MR) is 70.4 cm³/mol. The van der Waals surface area contributed by atoms with E-state index in [-0.39, 0.29) is 17.3 Å². The Kier molecular flexibility index (Phi) is 4.12. The van der Waals surface area contributed by atoms with E-state index in [4.69, 9.17) is 4.74 Å². The lowest BCUT2D eigenvalue weighted by Gasteiger charge is -2.44. The average molecular weight is 254 g/mol. The van der Waals surface area contributed by atoms with Crippen molar-refractivity contribution in [2.24, 2.45) is 5.92 Å². The van der Waals surface area contributed by atoms with E-state index in [1.807, 2.05) is 6.92 Å². The number of aliphatic hydroxyl groups is 1. The molecule has 104 valence electrons. The molecular weight excluding hydrogens is 228 g/mol. The van der Waals surface area contributed by atoms with Crippen LogP contribution in [0.2, 0.25) is 0 Å². The number of Topliss-reactive ketones (excluding diaryl/α,β-unsaturated/α-hetero) is 1. The second-order valence-corrected chi connectivity index (χ2v) is 6.27. The molecule has 0 aromatic heterocycles. The Balaban J connectivity index is 2.04. The molecule has 2 atom stereocenters. The van der Waals surface area contributed by atoms with Crippen LogP contribution in [0.3, 0.4) is 0 Å². The normalized spacial score (nSPS) is 30.9. The second kappa shape index (κ2) is 5.30. The zero-order chi connectivity index (χ0) is 13.2. The highest BCUT2D eigenvalue weighted by Gasteiger charge is 2.44. The van der Waals surface area contributed by atoms with Crippen molar-refractivity contribution in [1.82, 2.24) is 0 Å². The maximum Gasteiger partial charge on any atom is 0.167 e. The summed E-state index contributed by atoms with van der Waals surface area (Å²) in [6.45, 7) is 4.20. The number of ketones is 1. The molecule has 18 heavy (non-hydrogen) atoms. The molecule has 1 saturated carbocycles. The maximum atomic E-state index is 12.4. The van der Waals surface area contributed by atoms with Gasteiger partial charge in [-0.25, -0.2) is 0 Å². The fraction of sp³-hybridized carbons (Fsp3) is 0.933. The molecule has 3 heteroatoms. The molecule has 0 radical (unpaired) electrons. The third-order valence-corrected chi connectivity index (χ3v) is 4.85. The van der Waals surface area contributed by atoms with Gasteiger partial charge in [-0.2, -0.15) is 0 Å². The van der Waals surface area contributed by atoms with Gasteiger partial charge >= 0.3 is 0 Å². The first-order chi connectivity index (χ1) is 8.49. The Morgan fingerprint density at radius 2 is 2.06 bits per heavy atom. The van der Waals surface area contributed by atoms with E-state index in [1.54, 1.807) is 6.92 Å². The molecule has 0 aromatic carbocycles. The van der Waals surface area contributed by atoms with Gasteiger partial charge in [0.05, 0.1) is 5.60 Å². The standard InChI is InChI=1S/C15H26O3/c1-3-14(2,17)13(16)12-7-10-18-15(11-12)8-5-4-6-9-15/h12,17H,3-11H2,1-2H3. The first-order valence-electron chi connectivity index (χ1n) is 7.40. The molecule has 0 amide bonds. The second-order valence-electron chi connectivity index (χ2n) is 6.27. The van der Waals surface area contributed by atoms with Crippen LogP contribution in [0.5, 0.6) is 0 Å². The molecule has 2 unspecified atom stereocenters. The summed E-state index contributed by atoms with van der Waals surface area (Å²) in [6.07, 6.45) is 7.98. The van der Waals surface area contributed by atoms with E-state index < -0.39 is 5.60 Å². The highest BCUT2D eigenvalue weighted by Crippen LogP contribution is 2.41. The molecule has 1 heterocycles. The molecule has 0 aromatic rings. The minimum Gasteiger partial charge on any atom is -0.382 e. The molecule has 2 aliphatic rings. The van der Waals surface area contributed by atoms with E-state index in [9.17, 15) is 9.90 Å². The monoisotopic (exact) mass is 254 g/mol. The molecule has 1 spiro atoms. The topological polar surface area (TPSA) is 46.5 Å². The van der Waals surface area contributed by atoms with Crippen LogP contribution in [0.25, 0.3) is 0 Å². The Morgan fingerprint density at radius 1 is 1.39 bits per heavy atom. The molecule has 2 fully saturated rings. The summed E-state index contributed by atoms with van der Waals surface area (Å²) in [5.41, 5.74) is -1.21. The van der Waals surface area contributed by atoms with E-state index in [0.717, 1.165) is 25.7 Å². The van der Waals surface area contributed by atoms with Gasteiger partial charge in [0, 0.05) is 12.5 Å². The van der Waals surface area contributed by atoms with Crippen molar-refractivity contribution in [1.29, 1.82) is 0 Å². The lowest BCUT2D eigenvalue weighted by Crippen LogP contribution is -2.48. The van der Waals surface area contributed by atoms with Crippen molar-refractivity contribution in [2.75, 3.05) is 6.61 Å². The number of ether oxygens (including phenoxy) is 1. The van der Waals surface area contributed by atoms with Crippen LogP contribution in [0, 0.1) is 5.92 Å². The van der Waals surface area contributed by atoms with E-state index >= 15 is 0 Å². The van der Waals surface area contributed by atoms with Crippen molar-refractivity contribution in [2.45, 2.75) is 76.4 Å². The third-order valence-electron chi connectivity index (χ3n) is 4.85. The fourth-order valence-corrected chi connectivity index (χ4v) is 3.41. The summed E-state index contributed by atoms with van der Waals surface area (Å²) in [5.74, 6) is 0.0186. The van der Waals surface area contributed by atoms with Crippen molar-refractivity contribution in [3.8, 4) is 0 Å².